The Labute approximate surface area is 132 Å². The SMILES string of the molecule is O=C(Nc1ccc(Br)c(Cl)c1)c1cccc(C(F)(F)F)c1. The van der Waals surface area contributed by atoms with E-state index in [1.807, 2.05) is 0 Å². The van der Waals surface area contributed by atoms with Crippen molar-refractivity contribution < 1.29 is 18.0 Å². The van der Waals surface area contributed by atoms with Gasteiger partial charge in [0.15, 0.2) is 0 Å². The summed E-state index contributed by atoms with van der Waals surface area (Å²) < 4.78 is 38.5. The van der Waals surface area contributed by atoms with E-state index >= 15 is 0 Å². The van der Waals surface area contributed by atoms with Crippen molar-refractivity contribution in [1.29, 1.82) is 0 Å². The first-order chi connectivity index (χ1) is 9.77. The first-order valence-corrected chi connectivity index (χ1v) is 6.88. The fourth-order valence-corrected chi connectivity index (χ4v) is 2.04. The molecule has 2 aromatic rings. The summed E-state index contributed by atoms with van der Waals surface area (Å²) in [5.74, 6) is -0.639. The number of carbonyl (C=O) groups is 1. The molecule has 0 spiro atoms. The van der Waals surface area contributed by atoms with Crippen molar-refractivity contribution in [3.63, 3.8) is 0 Å². The van der Waals surface area contributed by atoms with Crippen molar-refractivity contribution in [3.05, 3.63) is 63.1 Å². The highest BCUT2D eigenvalue weighted by molar-refractivity contribution is 9.10. The van der Waals surface area contributed by atoms with Crippen LogP contribution in [-0.4, -0.2) is 5.91 Å². The fourth-order valence-electron chi connectivity index (χ4n) is 1.61. The summed E-state index contributed by atoms with van der Waals surface area (Å²) in [6.07, 6.45) is -4.49. The summed E-state index contributed by atoms with van der Waals surface area (Å²) in [6, 6.07) is 8.92. The average molecular weight is 379 g/mol. The van der Waals surface area contributed by atoms with E-state index < -0.39 is 17.6 Å². The fraction of sp³-hybridized carbons (Fsp3) is 0.0714. The minimum Gasteiger partial charge on any atom is -0.322 e. The topological polar surface area (TPSA) is 29.1 Å². The number of amides is 1. The number of halogens is 5. The van der Waals surface area contributed by atoms with Crippen molar-refractivity contribution in [1.82, 2.24) is 0 Å². The van der Waals surface area contributed by atoms with Crippen LogP contribution in [0.15, 0.2) is 46.9 Å². The van der Waals surface area contributed by atoms with E-state index in [0.29, 0.717) is 15.2 Å². The van der Waals surface area contributed by atoms with E-state index in [1.165, 1.54) is 18.2 Å². The van der Waals surface area contributed by atoms with Gasteiger partial charge in [-0.3, -0.25) is 4.79 Å². The van der Waals surface area contributed by atoms with Gasteiger partial charge in [-0.2, -0.15) is 13.2 Å². The van der Waals surface area contributed by atoms with Crippen molar-refractivity contribution in [2.75, 3.05) is 5.32 Å². The van der Waals surface area contributed by atoms with Gasteiger partial charge in [0.2, 0.25) is 0 Å². The number of carbonyl (C=O) groups excluding carboxylic acids is 1. The Hall–Kier alpha value is -1.53. The highest BCUT2D eigenvalue weighted by Crippen LogP contribution is 2.30. The van der Waals surface area contributed by atoms with Gasteiger partial charge in [-0.25, -0.2) is 0 Å². The van der Waals surface area contributed by atoms with E-state index in [4.69, 9.17) is 11.6 Å². The molecule has 0 aromatic heterocycles. The largest absolute Gasteiger partial charge is 0.416 e. The highest BCUT2D eigenvalue weighted by Gasteiger charge is 2.30. The average Bonchev–Trinajstić information content (AvgIpc) is 2.42. The zero-order valence-electron chi connectivity index (χ0n) is 10.3. The van der Waals surface area contributed by atoms with Gasteiger partial charge in [-0.1, -0.05) is 17.7 Å². The molecule has 1 amide bonds. The van der Waals surface area contributed by atoms with E-state index in [2.05, 4.69) is 21.2 Å². The molecule has 0 aliphatic rings. The standard InChI is InChI=1S/C14H8BrClF3NO/c15-11-5-4-10(7-12(11)16)20-13(21)8-2-1-3-9(6-8)14(17,18)19/h1-7H,(H,20,21). The summed E-state index contributed by atoms with van der Waals surface area (Å²) in [4.78, 5) is 12.0. The molecule has 21 heavy (non-hydrogen) atoms. The van der Waals surface area contributed by atoms with Crippen LogP contribution >= 0.6 is 27.5 Å². The molecule has 0 saturated heterocycles. The second-order valence-electron chi connectivity index (χ2n) is 4.16. The van der Waals surface area contributed by atoms with Crippen LogP contribution in [-0.2, 0) is 6.18 Å². The monoisotopic (exact) mass is 377 g/mol. The van der Waals surface area contributed by atoms with Crippen LogP contribution in [0.3, 0.4) is 0 Å². The Bertz CT molecular complexity index is 688. The van der Waals surface area contributed by atoms with Crippen LogP contribution in [0.4, 0.5) is 18.9 Å². The Morgan fingerprint density at radius 2 is 1.86 bits per heavy atom. The van der Waals surface area contributed by atoms with Gasteiger partial charge in [0.25, 0.3) is 5.91 Å². The lowest BCUT2D eigenvalue weighted by Crippen LogP contribution is -2.13. The first-order valence-electron chi connectivity index (χ1n) is 5.71. The molecule has 0 fully saturated rings. The zero-order chi connectivity index (χ0) is 15.6. The van der Waals surface area contributed by atoms with Crippen molar-refractivity contribution in [3.8, 4) is 0 Å². The van der Waals surface area contributed by atoms with E-state index in [0.717, 1.165) is 12.1 Å². The summed E-state index contributed by atoms with van der Waals surface area (Å²) in [7, 11) is 0. The van der Waals surface area contributed by atoms with Crippen LogP contribution in [0.5, 0.6) is 0 Å². The molecule has 2 nitrogen and oxygen atoms in total. The van der Waals surface area contributed by atoms with Gasteiger partial charge in [-0.15, -0.1) is 0 Å². The maximum atomic E-state index is 12.6. The minimum atomic E-state index is -4.49. The van der Waals surface area contributed by atoms with Crippen molar-refractivity contribution in [2.24, 2.45) is 0 Å². The summed E-state index contributed by atoms with van der Waals surface area (Å²) in [5.41, 5.74) is -0.557. The molecule has 2 rings (SSSR count). The quantitative estimate of drug-likeness (QED) is 0.747. The van der Waals surface area contributed by atoms with Crippen molar-refractivity contribution >= 4 is 39.1 Å². The molecule has 0 radical (unpaired) electrons. The third-order valence-electron chi connectivity index (χ3n) is 2.63. The number of benzene rings is 2. The second-order valence-corrected chi connectivity index (χ2v) is 5.42. The van der Waals surface area contributed by atoms with Crippen LogP contribution in [0.25, 0.3) is 0 Å². The van der Waals surface area contributed by atoms with Gasteiger partial charge in [-0.05, 0) is 52.3 Å². The number of alkyl halides is 3. The lowest BCUT2D eigenvalue weighted by atomic mass is 10.1. The number of rotatable bonds is 2. The highest BCUT2D eigenvalue weighted by atomic mass is 79.9. The number of nitrogens with one attached hydrogen (secondary N) is 1. The summed E-state index contributed by atoms with van der Waals surface area (Å²) in [5, 5.41) is 2.88. The van der Waals surface area contributed by atoms with Crippen LogP contribution in [0, 0.1) is 0 Å². The molecule has 2 aromatic carbocycles. The third kappa shape index (κ3) is 3.98. The van der Waals surface area contributed by atoms with Crippen LogP contribution in [0.1, 0.15) is 15.9 Å². The number of hydrogen-bond donors (Lipinski definition) is 1. The number of hydrogen-bond acceptors (Lipinski definition) is 1. The first kappa shape index (κ1) is 15.9. The molecular weight excluding hydrogens is 371 g/mol. The Balaban J connectivity index is 2.22. The Morgan fingerprint density at radius 3 is 2.48 bits per heavy atom. The maximum Gasteiger partial charge on any atom is 0.416 e. The predicted molar refractivity (Wildman–Crippen MR) is 78.5 cm³/mol. The zero-order valence-corrected chi connectivity index (χ0v) is 12.7. The summed E-state index contributed by atoms with van der Waals surface area (Å²) >= 11 is 9.08. The van der Waals surface area contributed by atoms with E-state index in [1.54, 1.807) is 12.1 Å². The van der Waals surface area contributed by atoms with Gasteiger partial charge in [0, 0.05) is 15.7 Å². The lowest BCUT2D eigenvalue weighted by molar-refractivity contribution is -0.137. The Morgan fingerprint density at radius 1 is 1.14 bits per heavy atom. The molecule has 0 aliphatic heterocycles. The lowest BCUT2D eigenvalue weighted by Gasteiger charge is -2.09. The van der Waals surface area contributed by atoms with Gasteiger partial charge >= 0.3 is 6.18 Å². The summed E-state index contributed by atoms with van der Waals surface area (Å²) in [6.45, 7) is 0. The normalized spacial score (nSPS) is 11.3. The number of anilines is 1. The molecule has 0 aliphatic carbocycles. The van der Waals surface area contributed by atoms with Crippen molar-refractivity contribution in [2.45, 2.75) is 6.18 Å². The van der Waals surface area contributed by atoms with E-state index in [-0.39, 0.29) is 5.56 Å². The molecule has 7 heteroatoms. The third-order valence-corrected chi connectivity index (χ3v) is 3.86. The van der Waals surface area contributed by atoms with Crippen LogP contribution in [0.2, 0.25) is 5.02 Å². The molecule has 0 saturated carbocycles. The molecule has 0 unspecified atom stereocenters. The molecular formula is C14H8BrClF3NO. The van der Waals surface area contributed by atoms with Gasteiger partial charge in [0.05, 0.1) is 10.6 Å². The molecule has 1 N–H and O–H groups in total. The van der Waals surface area contributed by atoms with Gasteiger partial charge in [0.1, 0.15) is 0 Å². The molecule has 0 heterocycles. The molecule has 110 valence electrons. The predicted octanol–water partition coefficient (Wildman–Crippen LogP) is 5.37. The molecule has 0 bridgehead atoms. The second kappa shape index (κ2) is 6.07. The van der Waals surface area contributed by atoms with Crippen LogP contribution < -0.4 is 5.32 Å². The minimum absolute atomic E-state index is 0.0798. The van der Waals surface area contributed by atoms with E-state index in [9.17, 15) is 18.0 Å². The molecule has 0 atom stereocenters. The Kier molecular flexibility index (Phi) is 4.58. The maximum absolute atomic E-state index is 12.6. The van der Waals surface area contributed by atoms with Gasteiger partial charge < -0.3 is 5.32 Å². The smallest absolute Gasteiger partial charge is 0.322 e.